The molecule has 2 amide bonds. The van der Waals surface area contributed by atoms with Gasteiger partial charge in [0.1, 0.15) is 6.61 Å². The SMILES string of the molecule is CC1(C(=O)O)CCN(C(=O)CSCCNC(=O)OCC2c3ccccc3-c3ccccc32)C1. The molecule has 2 aromatic carbocycles. The first-order valence-corrected chi connectivity index (χ1v) is 12.2. The molecule has 0 bridgehead atoms. The van der Waals surface area contributed by atoms with Crippen LogP contribution in [0.3, 0.4) is 0 Å². The molecule has 1 aliphatic carbocycles. The van der Waals surface area contributed by atoms with E-state index < -0.39 is 17.5 Å². The Morgan fingerprint density at radius 3 is 2.36 bits per heavy atom. The van der Waals surface area contributed by atoms with Gasteiger partial charge >= 0.3 is 12.1 Å². The average molecular weight is 469 g/mol. The Labute approximate surface area is 197 Å². The number of nitrogens with one attached hydrogen (secondary N) is 1. The van der Waals surface area contributed by atoms with Crippen LogP contribution in [0.4, 0.5) is 4.79 Å². The van der Waals surface area contributed by atoms with Crippen LogP contribution in [-0.2, 0) is 14.3 Å². The molecule has 1 aliphatic heterocycles. The monoisotopic (exact) mass is 468 g/mol. The van der Waals surface area contributed by atoms with Crippen LogP contribution in [0.2, 0.25) is 0 Å². The summed E-state index contributed by atoms with van der Waals surface area (Å²) < 4.78 is 5.50. The molecule has 8 heteroatoms. The van der Waals surface area contributed by atoms with Crippen molar-refractivity contribution in [1.29, 1.82) is 0 Å². The zero-order chi connectivity index (χ0) is 23.4. The molecule has 174 valence electrons. The smallest absolute Gasteiger partial charge is 0.407 e. The molecule has 7 nitrogen and oxygen atoms in total. The van der Waals surface area contributed by atoms with Crippen molar-refractivity contribution in [1.82, 2.24) is 10.2 Å². The van der Waals surface area contributed by atoms with Gasteiger partial charge in [-0.25, -0.2) is 4.79 Å². The van der Waals surface area contributed by atoms with Gasteiger partial charge in [-0.2, -0.15) is 11.8 Å². The minimum absolute atomic E-state index is 0.0205. The van der Waals surface area contributed by atoms with Crippen LogP contribution in [-0.4, -0.2) is 65.7 Å². The molecule has 2 aliphatic rings. The minimum Gasteiger partial charge on any atom is -0.481 e. The summed E-state index contributed by atoms with van der Waals surface area (Å²) in [5, 5.41) is 12.0. The fourth-order valence-corrected chi connectivity index (χ4v) is 5.22. The van der Waals surface area contributed by atoms with Gasteiger partial charge in [-0.3, -0.25) is 9.59 Å². The Kier molecular flexibility index (Phi) is 6.93. The topological polar surface area (TPSA) is 95.9 Å². The number of carboxylic acid groups (broad SMARTS) is 1. The molecule has 33 heavy (non-hydrogen) atoms. The van der Waals surface area contributed by atoms with Crippen molar-refractivity contribution in [3.8, 4) is 11.1 Å². The van der Waals surface area contributed by atoms with E-state index in [2.05, 4.69) is 29.6 Å². The first-order chi connectivity index (χ1) is 15.9. The molecule has 2 N–H and O–H groups in total. The Balaban J connectivity index is 1.17. The van der Waals surface area contributed by atoms with Crippen molar-refractivity contribution < 1.29 is 24.2 Å². The maximum atomic E-state index is 12.3. The molecular weight excluding hydrogens is 440 g/mol. The van der Waals surface area contributed by atoms with Gasteiger partial charge in [0.25, 0.3) is 0 Å². The van der Waals surface area contributed by atoms with Crippen LogP contribution in [0.25, 0.3) is 11.1 Å². The number of nitrogens with zero attached hydrogens (tertiary/aromatic N) is 1. The standard InChI is InChI=1S/C25H28N2O5S/c1-25(23(29)30)10-12-27(16-25)22(28)15-33-13-11-26-24(31)32-14-21-19-8-4-2-6-17(19)18-7-3-5-9-20(18)21/h2-9,21H,10-16H2,1H3,(H,26,31)(H,29,30). The molecule has 4 rings (SSSR count). The summed E-state index contributed by atoms with van der Waals surface area (Å²) in [5.41, 5.74) is 3.85. The fraction of sp³-hybridized carbons (Fsp3) is 0.400. The van der Waals surface area contributed by atoms with Gasteiger partial charge < -0.3 is 20.1 Å². The third-order valence-corrected chi connectivity index (χ3v) is 7.37. The van der Waals surface area contributed by atoms with Crippen molar-refractivity contribution in [2.45, 2.75) is 19.3 Å². The lowest BCUT2D eigenvalue weighted by Gasteiger charge is -2.20. The number of likely N-dealkylation sites (tertiary alicyclic amines) is 1. The lowest BCUT2D eigenvalue weighted by Crippen LogP contribution is -2.36. The second kappa shape index (κ2) is 9.87. The van der Waals surface area contributed by atoms with Gasteiger partial charge in [-0.15, -0.1) is 0 Å². The van der Waals surface area contributed by atoms with Crippen LogP contribution < -0.4 is 5.32 Å². The number of hydrogen-bond donors (Lipinski definition) is 2. The van der Waals surface area contributed by atoms with E-state index in [4.69, 9.17) is 4.74 Å². The van der Waals surface area contributed by atoms with E-state index >= 15 is 0 Å². The Morgan fingerprint density at radius 1 is 1.12 bits per heavy atom. The Bertz CT molecular complexity index is 1010. The number of carbonyl (C=O) groups excluding carboxylic acids is 2. The lowest BCUT2D eigenvalue weighted by molar-refractivity contribution is -0.147. The molecule has 1 unspecified atom stereocenters. The fourth-order valence-electron chi connectivity index (χ4n) is 4.47. The van der Waals surface area contributed by atoms with Crippen LogP contribution in [0.5, 0.6) is 0 Å². The zero-order valence-corrected chi connectivity index (χ0v) is 19.4. The predicted molar refractivity (Wildman–Crippen MR) is 127 cm³/mol. The highest BCUT2D eigenvalue weighted by Gasteiger charge is 2.41. The van der Waals surface area contributed by atoms with Crippen molar-refractivity contribution in [3.63, 3.8) is 0 Å². The van der Waals surface area contributed by atoms with Gasteiger partial charge in [0, 0.05) is 31.3 Å². The first kappa shape index (κ1) is 23.2. The van der Waals surface area contributed by atoms with E-state index in [0.29, 0.717) is 25.3 Å². The van der Waals surface area contributed by atoms with E-state index in [1.807, 2.05) is 24.3 Å². The van der Waals surface area contributed by atoms with Crippen LogP contribution >= 0.6 is 11.8 Å². The number of amides is 2. The first-order valence-electron chi connectivity index (χ1n) is 11.1. The summed E-state index contributed by atoms with van der Waals surface area (Å²) in [7, 11) is 0. The highest BCUT2D eigenvalue weighted by molar-refractivity contribution is 7.99. The van der Waals surface area contributed by atoms with E-state index in [1.165, 1.54) is 34.0 Å². The van der Waals surface area contributed by atoms with Gasteiger partial charge in [0.05, 0.1) is 11.2 Å². The largest absolute Gasteiger partial charge is 0.481 e. The number of hydrogen-bond acceptors (Lipinski definition) is 5. The predicted octanol–water partition coefficient (Wildman–Crippen LogP) is 3.58. The third-order valence-electron chi connectivity index (χ3n) is 6.43. The van der Waals surface area contributed by atoms with Gasteiger partial charge in [0.2, 0.25) is 5.91 Å². The van der Waals surface area contributed by atoms with Gasteiger partial charge in [0.15, 0.2) is 0 Å². The summed E-state index contributed by atoms with van der Waals surface area (Å²) >= 11 is 1.41. The molecule has 2 aromatic rings. The third kappa shape index (κ3) is 5.00. The highest BCUT2D eigenvalue weighted by Crippen LogP contribution is 2.44. The summed E-state index contributed by atoms with van der Waals surface area (Å²) in [6.07, 6.45) is 0.00258. The van der Waals surface area contributed by atoms with E-state index in [9.17, 15) is 19.5 Å². The van der Waals surface area contributed by atoms with E-state index in [0.717, 1.165) is 0 Å². The van der Waals surface area contributed by atoms with Crippen molar-refractivity contribution in [2.75, 3.05) is 37.7 Å². The number of thioether (sulfide) groups is 1. The summed E-state index contributed by atoms with van der Waals surface area (Å²) in [4.78, 5) is 37.4. The summed E-state index contributed by atoms with van der Waals surface area (Å²) in [6.45, 7) is 3.05. The second-order valence-electron chi connectivity index (χ2n) is 8.74. The maximum absolute atomic E-state index is 12.3. The zero-order valence-electron chi connectivity index (χ0n) is 18.6. The normalized spacial score (nSPS) is 19.1. The second-order valence-corrected chi connectivity index (χ2v) is 9.84. The highest BCUT2D eigenvalue weighted by atomic mass is 32.2. The van der Waals surface area contributed by atoms with Gasteiger partial charge in [-0.1, -0.05) is 48.5 Å². The molecule has 0 aromatic heterocycles. The molecule has 0 radical (unpaired) electrons. The van der Waals surface area contributed by atoms with E-state index in [1.54, 1.807) is 11.8 Å². The Hall–Kier alpha value is -3.00. The number of aliphatic carboxylic acids is 1. The number of rotatable bonds is 8. The van der Waals surface area contributed by atoms with Crippen molar-refractivity contribution >= 4 is 29.7 Å². The molecule has 1 saturated heterocycles. The van der Waals surface area contributed by atoms with Crippen LogP contribution in [0.15, 0.2) is 48.5 Å². The quantitative estimate of drug-likeness (QED) is 0.575. The summed E-state index contributed by atoms with van der Waals surface area (Å²) in [5.74, 6) is -0.0712. The summed E-state index contributed by atoms with van der Waals surface area (Å²) in [6, 6.07) is 16.4. The van der Waals surface area contributed by atoms with E-state index in [-0.39, 0.29) is 30.7 Å². The molecule has 1 heterocycles. The number of fused-ring (bicyclic) bond motifs is 3. The van der Waals surface area contributed by atoms with Crippen molar-refractivity contribution in [2.24, 2.45) is 5.41 Å². The minimum atomic E-state index is -0.863. The number of alkyl carbamates (subject to hydrolysis) is 1. The Morgan fingerprint density at radius 2 is 1.76 bits per heavy atom. The lowest BCUT2D eigenvalue weighted by atomic mass is 9.90. The average Bonchev–Trinajstić information content (AvgIpc) is 3.37. The van der Waals surface area contributed by atoms with Crippen molar-refractivity contribution in [3.05, 3.63) is 59.7 Å². The molecular formula is C25H28N2O5S. The number of ether oxygens (including phenoxy) is 1. The maximum Gasteiger partial charge on any atom is 0.407 e. The molecule has 0 spiro atoms. The number of carboxylic acids is 1. The molecule has 1 atom stereocenters. The molecule has 1 fully saturated rings. The van der Waals surface area contributed by atoms with Crippen LogP contribution in [0.1, 0.15) is 30.4 Å². The van der Waals surface area contributed by atoms with Crippen LogP contribution in [0, 0.1) is 5.41 Å². The molecule has 0 saturated carbocycles. The van der Waals surface area contributed by atoms with Gasteiger partial charge in [-0.05, 0) is 35.6 Å². The number of benzene rings is 2. The number of carbonyl (C=O) groups is 3.